The molecule has 1 aromatic heterocycles. The summed E-state index contributed by atoms with van der Waals surface area (Å²) in [4.78, 5) is 14.5. The highest BCUT2D eigenvalue weighted by Gasteiger charge is 2.33. The number of nitro groups is 1. The third-order valence-electron chi connectivity index (χ3n) is 4.00. The summed E-state index contributed by atoms with van der Waals surface area (Å²) in [6.07, 6.45) is 4.56. The summed E-state index contributed by atoms with van der Waals surface area (Å²) in [5, 5.41) is 14.4. The van der Waals surface area contributed by atoms with Crippen molar-refractivity contribution in [2.45, 2.75) is 46.1 Å². The molecule has 0 amide bonds. The first kappa shape index (κ1) is 15.5. The van der Waals surface area contributed by atoms with E-state index in [0.29, 0.717) is 17.4 Å². The number of hydrogen-bond acceptors (Lipinski definition) is 5. The lowest BCUT2D eigenvalue weighted by Gasteiger charge is -2.39. The van der Waals surface area contributed by atoms with E-state index in [9.17, 15) is 10.1 Å². The fourth-order valence-electron chi connectivity index (χ4n) is 3.48. The van der Waals surface area contributed by atoms with E-state index in [1.54, 1.807) is 6.07 Å². The third kappa shape index (κ3) is 3.83. The Kier molecular flexibility index (Phi) is 4.34. The molecule has 1 aliphatic carbocycles. The zero-order chi connectivity index (χ0) is 15.6. The van der Waals surface area contributed by atoms with Crippen LogP contribution in [0.2, 0.25) is 0 Å². The van der Waals surface area contributed by atoms with Crippen molar-refractivity contribution in [2.24, 2.45) is 11.3 Å². The zero-order valence-electron chi connectivity index (χ0n) is 13.0. The molecule has 1 fully saturated rings. The molecule has 6 heteroatoms. The summed E-state index contributed by atoms with van der Waals surface area (Å²) in [5.74, 6) is 0.974. The van der Waals surface area contributed by atoms with E-state index >= 15 is 0 Å². The highest BCUT2D eigenvalue weighted by atomic mass is 16.6. The van der Waals surface area contributed by atoms with E-state index in [4.69, 9.17) is 4.74 Å². The second kappa shape index (κ2) is 5.87. The van der Waals surface area contributed by atoms with Crippen LogP contribution in [0.15, 0.2) is 12.3 Å². The molecule has 1 saturated carbocycles. The summed E-state index contributed by atoms with van der Waals surface area (Å²) in [5.41, 5.74) is 0.686. The number of rotatable bonds is 4. The monoisotopic (exact) mass is 293 g/mol. The SMILES string of the molecule is COc1cnc([N+](=O)[O-])c(NC2C[C@H](C)CC(C)(C)C2)c1. The van der Waals surface area contributed by atoms with E-state index in [0.717, 1.165) is 12.8 Å². The summed E-state index contributed by atoms with van der Waals surface area (Å²) in [7, 11) is 1.53. The molecule has 1 aliphatic rings. The largest absolute Gasteiger partial charge is 0.493 e. The first-order valence-corrected chi connectivity index (χ1v) is 7.26. The Balaban J connectivity index is 2.23. The Morgan fingerprint density at radius 3 is 2.76 bits per heavy atom. The van der Waals surface area contributed by atoms with E-state index in [2.05, 4.69) is 31.1 Å². The lowest BCUT2D eigenvalue weighted by Crippen LogP contribution is -2.35. The number of anilines is 1. The van der Waals surface area contributed by atoms with E-state index in [-0.39, 0.29) is 17.3 Å². The fraction of sp³-hybridized carbons (Fsp3) is 0.667. The van der Waals surface area contributed by atoms with Crippen molar-refractivity contribution in [1.82, 2.24) is 4.98 Å². The molecule has 0 spiro atoms. The average molecular weight is 293 g/mol. The molecule has 0 saturated heterocycles. The van der Waals surface area contributed by atoms with Crippen LogP contribution in [0.3, 0.4) is 0 Å². The van der Waals surface area contributed by atoms with Gasteiger partial charge >= 0.3 is 5.82 Å². The maximum Gasteiger partial charge on any atom is 0.387 e. The van der Waals surface area contributed by atoms with Crippen LogP contribution in [0.25, 0.3) is 0 Å². The second-order valence-corrected chi connectivity index (χ2v) is 6.76. The van der Waals surface area contributed by atoms with Crippen LogP contribution in [0.1, 0.15) is 40.0 Å². The highest BCUT2D eigenvalue weighted by Crippen LogP contribution is 2.40. The van der Waals surface area contributed by atoms with Gasteiger partial charge in [-0.15, -0.1) is 0 Å². The van der Waals surface area contributed by atoms with Crippen molar-refractivity contribution >= 4 is 11.5 Å². The van der Waals surface area contributed by atoms with Gasteiger partial charge in [0, 0.05) is 12.1 Å². The Labute approximate surface area is 125 Å². The Morgan fingerprint density at radius 2 is 2.19 bits per heavy atom. The smallest absolute Gasteiger partial charge is 0.387 e. The standard InChI is InChI=1S/C15H23N3O3/c1-10-5-11(8-15(2,3)7-10)17-13-6-12(21-4)9-16-14(13)18(19)20/h6,9-11,17H,5,7-8H2,1-4H3/t10-,11?/m0/s1. The molecular formula is C15H23N3O3. The molecule has 116 valence electrons. The Morgan fingerprint density at radius 1 is 1.48 bits per heavy atom. The first-order chi connectivity index (χ1) is 9.80. The van der Waals surface area contributed by atoms with Gasteiger partial charge in [0.2, 0.25) is 0 Å². The number of aromatic nitrogens is 1. The van der Waals surface area contributed by atoms with Crippen molar-refractivity contribution < 1.29 is 9.66 Å². The molecular weight excluding hydrogens is 270 g/mol. The molecule has 1 unspecified atom stereocenters. The van der Waals surface area contributed by atoms with Crippen LogP contribution in [0.5, 0.6) is 5.75 Å². The van der Waals surface area contributed by atoms with E-state index in [1.807, 2.05) is 0 Å². The molecule has 0 radical (unpaired) electrons. The van der Waals surface area contributed by atoms with Gasteiger partial charge in [-0.05, 0) is 40.5 Å². The highest BCUT2D eigenvalue weighted by molar-refractivity contribution is 5.60. The molecule has 2 rings (SSSR count). The number of nitrogens with zero attached hydrogens (tertiary/aromatic N) is 2. The molecule has 21 heavy (non-hydrogen) atoms. The minimum absolute atomic E-state index is 0.146. The summed E-state index contributed by atoms with van der Waals surface area (Å²) < 4.78 is 5.12. The Bertz CT molecular complexity index is 531. The zero-order valence-corrected chi connectivity index (χ0v) is 13.0. The number of pyridine rings is 1. The van der Waals surface area contributed by atoms with Crippen LogP contribution >= 0.6 is 0 Å². The lowest BCUT2D eigenvalue weighted by atomic mass is 9.70. The average Bonchev–Trinajstić information content (AvgIpc) is 2.35. The molecule has 0 bridgehead atoms. The molecule has 0 aliphatic heterocycles. The van der Waals surface area contributed by atoms with Crippen LogP contribution in [0.4, 0.5) is 11.5 Å². The van der Waals surface area contributed by atoms with Crippen molar-refractivity contribution in [2.75, 3.05) is 12.4 Å². The summed E-state index contributed by atoms with van der Waals surface area (Å²) >= 11 is 0. The van der Waals surface area contributed by atoms with Crippen molar-refractivity contribution in [1.29, 1.82) is 0 Å². The number of nitrogens with one attached hydrogen (secondary N) is 1. The lowest BCUT2D eigenvalue weighted by molar-refractivity contribution is -0.388. The predicted molar refractivity (Wildman–Crippen MR) is 81.7 cm³/mol. The number of methoxy groups -OCH3 is 1. The van der Waals surface area contributed by atoms with Gasteiger partial charge in [0.1, 0.15) is 5.69 Å². The van der Waals surface area contributed by atoms with Crippen molar-refractivity contribution in [3.63, 3.8) is 0 Å². The minimum Gasteiger partial charge on any atom is -0.493 e. The van der Waals surface area contributed by atoms with Gasteiger partial charge in [0.15, 0.2) is 11.9 Å². The molecule has 6 nitrogen and oxygen atoms in total. The maximum absolute atomic E-state index is 11.1. The second-order valence-electron chi connectivity index (χ2n) is 6.76. The van der Waals surface area contributed by atoms with Crippen molar-refractivity contribution in [3.8, 4) is 5.75 Å². The molecule has 0 aromatic carbocycles. The molecule has 1 heterocycles. The van der Waals surface area contributed by atoms with Gasteiger partial charge in [-0.1, -0.05) is 20.8 Å². The topological polar surface area (TPSA) is 77.3 Å². The van der Waals surface area contributed by atoms with Crippen molar-refractivity contribution in [3.05, 3.63) is 22.4 Å². The van der Waals surface area contributed by atoms with Gasteiger partial charge in [-0.3, -0.25) is 0 Å². The number of ether oxygens (including phenoxy) is 1. The summed E-state index contributed by atoms with van der Waals surface area (Å²) in [6, 6.07) is 1.87. The summed E-state index contributed by atoms with van der Waals surface area (Å²) in [6.45, 7) is 6.72. The van der Waals surface area contributed by atoms with E-state index < -0.39 is 4.92 Å². The quantitative estimate of drug-likeness (QED) is 0.677. The predicted octanol–water partition coefficient (Wildman–Crippen LogP) is 3.63. The fourth-order valence-corrected chi connectivity index (χ4v) is 3.48. The van der Waals surface area contributed by atoms with Gasteiger partial charge in [0.25, 0.3) is 0 Å². The third-order valence-corrected chi connectivity index (χ3v) is 4.00. The van der Waals surface area contributed by atoms with Gasteiger partial charge < -0.3 is 20.2 Å². The minimum atomic E-state index is -0.459. The maximum atomic E-state index is 11.1. The first-order valence-electron chi connectivity index (χ1n) is 7.26. The van der Waals surface area contributed by atoms with Crippen LogP contribution < -0.4 is 10.1 Å². The Hall–Kier alpha value is -1.85. The van der Waals surface area contributed by atoms with Gasteiger partial charge in [0.05, 0.1) is 7.11 Å². The molecule has 1 N–H and O–H groups in total. The molecule has 1 aromatic rings. The molecule has 2 atom stereocenters. The van der Waals surface area contributed by atoms with Crippen LogP contribution in [-0.4, -0.2) is 23.1 Å². The van der Waals surface area contributed by atoms with Crippen LogP contribution in [0, 0.1) is 21.4 Å². The van der Waals surface area contributed by atoms with Crippen LogP contribution in [-0.2, 0) is 0 Å². The van der Waals surface area contributed by atoms with Gasteiger partial charge in [-0.25, -0.2) is 0 Å². The van der Waals surface area contributed by atoms with Gasteiger partial charge in [-0.2, -0.15) is 0 Å². The van der Waals surface area contributed by atoms with E-state index in [1.165, 1.54) is 19.7 Å². The normalized spacial score (nSPS) is 24.4. The number of hydrogen-bond donors (Lipinski definition) is 1.